The number of anilines is 1. The van der Waals surface area contributed by atoms with Gasteiger partial charge in [-0.1, -0.05) is 48.5 Å². The number of hydrogen-bond acceptors (Lipinski definition) is 3. The molecule has 0 bridgehead atoms. The molecule has 1 N–H and O–H groups in total. The highest BCUT2D eigenvalue weighted by Crippen LogP contribution is 2.17. The molecule has 4 rings (SSSR count). The average molecular weight is 445 g/mol. The number of amides is 3. The summed E-state index contributed by atoms with van der Waals surface area (Å²) in [5.74, 6) is -1.77. The molecule has 1 aliphatic heterocycles. The zero-order valence-corrected chi connectivity index (χ0v) is 18.3. The van der Waals surface area contributed by atoms with Crippen molar-refractivity contribution in [1.29, 1.82) is 0 Å². The molecule has 1 saturated heterocycles. The van der Waals surface area contributed by atoms with Gasteiger partial charge in [-0.15, -0.1) is 0 Å². The van der Waals surface area contributed by atoms with E-state index < -0.39 is 11.8 Å². The third kappa shape index (κ3) is 5.26. The molecule has 0 saturated carbocycles. The van der Waals surface area contributed by atoms with Crippen LogP contribution in [0, 0.1) is 12.7 Å². The third-order valence-corrected chi connectivity index (χ3v) is 5.63. The van der Waals surface area contributed by atoms with Crippen LogP contribution in [-0.2, 0) is 22.7 Å². The predicted octanol–water partition coefficient (Wildman–Crippen LogP) is 3.76. The SMILES string of the molecule is Cc1ccc(NC(=O)c2ccc(CN3CCN(Cc4ccccc4)C(=O)C3=O)cc2)cc1F. The van der Waals surface area contributed by atoms with E-state index in [4.69, 9.17) is 0 Å². The number of piperazine rings is 1. The maximum atomic E-state index is 13.7. The highest BCUT2D eigenvalue weighted by Gasteiger charge is 2.32. The van der Waals surface area contributed by atoms with Crippen molar-refractivity contribution in [3.8, 4) is 0 Å². The quantitative estimate of drug-likeness (QED) is 0.588. The molecule has 3 amide bonds. The topological polar surface area (TPSA) is 69.7 Å². The number of carbonyl (C=O) groups excluding carboxylic acids is 3. The van der Waals surface area contributed by atoms with Crippen LogP contribution >= 0.6 is 0 Å². The second-order valence-electron chi connectivity index (χ2n) is 8.05. The fourth-order valence-electron chi connectivity index (χ4n) is 3.68. The number of rotatable bonds is 6. The molecular formula is C26H24FN3O3. The summed E-state index contributed by atoms with van der Waals surface area (Å²) in [5.41, 5.74) is 3.09. The average Bonchev–Trinajstić information content (AvgIpc) is 2.82. The summed E-state index contributed by atoms with van der Waals surface area (Å²) in [6, 6.07) is 20.9. The van der Waals surface area contributed by atoms with Crippen molar-refractivity contribution in [2.24, 2.45) is 0 Å². The second-order valence-corrected chi connectivity index (χ2v) is 8.05. The van der Waals surface area contributed by atoms with Crippen LogP contribution in [0.5, 0.6) is 0 Å². The van der Waals surface area contributed by atoms with Crippen LogP contribution in [-0.4, -0.2) is 40.6 Å². The number of nitrogens with zero attached hydrogens (tertiary/aromatic N) is 2. The summed E-state index contributed by atoms with van der Waals surface area (Å²) in [6.07, 6.45) is 0. The molecule has 0 spiro atoms. The third-order valence-electron chi connectivity index (χ3n) is 5.63. The van der Waals surface area contributed by atoms with Gasteiger partial charge in [0.25, 0.3) is 5.91 Å². The van der Waals surface area contributed by atoms with Gasteiger partial charge in [-0.2, -0.15) is 0 Å². The first kappa shape index (κ1) is 22.2. The van der Waals surface area contributed by atoms with Crippen LogP contribution < -0.4 is 5.32 Å². The predicted molar refractivity (Wildman–Crippen MR) is 123 cm³/mol. The molecule has 7 heteroatoms. The molecule has 0 aromatic heterocycles. The van der Waals surface area contributed by atoms with E-state index in [1.165, 1.54) is 11.0 Å². The first-order valence-electron chi connectivity index (χ1n) is 10.7. The number of halogens is 1. The normalized spacial score (nSPS) is 13.9. The highest BCUT2D eigenvalue weighted by molar-refractivity contribution is 6.35. The van der Waals surface area contributed by atoms with Gasteiger partial charge in [-0.25, -0.2) is 4.39 Å². The lowest BCUT2D eigenvalue weighted by Gasteiger charge is -2.33. The lowest BCUT2D eigenvalue weighted by molar-refractivity contribution is -0.156. The molecule has 3 aromatic rings. The number of aryl methyl sites for hydroxylation is 1. The minimum Gasteiger partial charge on any atom is -0.328 e. The Morgan fingerprint density at radius 2 is 1.42 bits per heavy atom. The van der Waals surface area contributed by atoms with Crippen molar-refractivity contribution in [2.75, 3.05) is 18.4 Å². The number of hydrogen-bond donors (Lipinski definition) is 1. The van der Waals surface area contributed by atoms with Crippen LogP contribution in [0.2, 0.25) is 0 Å². The van der Waals surface area contributed by atoms with E-state index in [2.05, 4.69) is 5.32 Å². The zero-order valence-electron chi connectivity index (χ0n) is 18.3. The van der Waals surface area contributed by atoms with Gasteiger partial charge in [0, 0.05) is 37.4 Å². The van der Waals surface area contributed by atoms with E-state index in [1.54, 1.807) is 48.2 Å². The number of carbonyl (C=O) groups is 3. The minimum absolute atomic E-state index is 0.287. The summed E-state index contributed by atoms with van der Waals surface area (Å²) in [5, 5.41) is 2.67. The van der Waals surface area contributed by atoms with Gasteiger partial charge in [0.1, 0.15) is 5.82 Å². The van der Waals surface area contributed by atoms with Gasteiger partial charge in [0.05, 0.1) is 0 Å². The van der Waals surface area contributed by atoms with E-state index >= 15 is 0 Å². The first-order valence-corrected chi connectivity index (χ1v) is 10.7. The minimum atomic E-state index is -0.527. The van der Waals surface area contributed by atoms with E-state index in [0.717, 1.165) is 11.1 Å². The molecule has 1 fully saturated rings. The Hall–Kier alpha value is -4.00. The molecule has 3 aromatic carbocycles. The summed E-state index contributed by atoms with van der Waals surface area (Å²) in [7, 11) is 0. The summed E-state index contributed by atoms with van der Waals surface area (Å²) < 4.78 is 13.7. The van der Waals surface area contributed by atoms with E-state index in [9.17, 15) is 18.8 Å². The molecule has 1 aliphatic rings. The fourth-order valence-corrected chi connectivity index (χ4v) is 3.68. The monoisotopic (exact) mass is 445 g/mol. The Morgan fingerprint density at radius 3 is 2.00 bits per heavy atom. The van der Waals surface area contributed by atoms with Crippen molar-refractivity contribution in [3.63, 3.8) is 0 Å². The lowest BCUT2D eigenvalue weighted by atomic mass is 10.1. The van der Waals surface area contributed by atoms with Crippen LogP contribution in [0.15, 0.2) is 72.8 Å². The molecule has 0 radical (unpaired) electrons. The molecule has 0 unspecified atom stereocenters. The zero-order chi connectivity index (χ0) is 23.4. The summed E-state index contributed by atoms with van der Waals surface area (Å²) in [4.78, 5) is 40.7. The molecular weight excluding hydrogens is 421 g/mol. The molecule has 1 heterocycles. The number of benzene rings is 3. The molecule has 6 nitrogen and oxygen atoms in total. The number of nitrogens with one attached hydrogen (secondary N) is 1. The van der Waals surface area contributed by atoms with E-state index in [-0.39, 0.29) is 18.3 Å². The van der Waals surface area contributed by atoms with Crippen molar-refractivity contribution in [2.45, 2.75) is 20.0 Å². The Labute approximate surface area is 191 Å². The van der Waals surface area contributed by atoms with E-state index in [1.807, 2.05) is 30.3 Å². The van der Waals surface area contributed by atoms with Crippen molar-refractivity contribution in [3.05, 3.63) is 101 Å². The van der Waals surface area contributed by atoms with Gasteiger partial charge >= 0.3 is 11.8 Å². The molecule has 168 valence electrons. The van der Waals surface area contributed by atoms with Gasteiger partial charge in [0.15, 0.2) is 0 Å². The van der Waals surface area contributed by atoms with Crippen molar-refractivity contribution < 1.29 is 18.8 Å². The Morgan fingerprint density at radius 1 is 0.848 bits per heavy atom. The Balaban J connectivity index is 1.35. The standard InChI is InChI=1S/C26H24FN3O3/c1-18-7-12-22(15-23(18)27)28-24(31)21-10-8-20(9-11-21)17-30-14-13-29(25(32)26(30)33)16-19-5-3-2-4-6-19/h2-12,15H,13-14,16-17H2,1H3,(H,28,31). The lowest BCUT2D eigenvalue weighted by Crippen LogP contribution is -2.53. The summed E-state index contributed by atoms with van der Waals surface area (Å²) >= 11 is 0. The van der Waals surface area contributed by atoms with Gasteiger partial charge in [0.2, 0.25) is 0 Å². The van der Waals surface area contributed by atoms with Crippen LogP contribution in [0.3, 0.4) is 0 Å². The van der Waals surface area contributed by atoms with Crippen LogP contribution in [0.1, 0.15) is 27.0 Å². The maximum Gasteiger partial charge on any atom is 0.312 e. The molecule has 0 aliphatic carbocycles. The largest absolute Gasteiger partial charge is 0.328 e. The molecule has 33 heavy (non-hydrogen) atoms. The van der Waals surface area contributed by atoms with Crippen molar-refractivity contribution >= 4 is 23.4 Å². The fraction of sp³-hybridized carbons (Fsp3) is 0.192. The highest BCUT2D eigenvalue weighted by atomic mass is 19.1. The first-order chi connectivity index (χ1) is 15.9. The van der Waals surface area contributed by atoms with Gasteiger partial charge < -0.3 is 15.1 Å². The van der Waals surface area contributed by atoms with E-state index in [0.29, 0.717) is 36.4 Å². The Kier molecular flexibility index (Phi) is 6.49. The molecule has 0 atom stereocenters. The summed E-state index contributed by atoms with van der Waals surface area (Å²) in [6.45, 7) is 3.26. The second kappa shape index (κ2) is 9.65. The van der Waals surface area contributed by atoms with Crippen LogP contribution in [0.25, 0.3) is 0 Å². The van der Waals surface area contributed by atoms with Crippen molar-refractivity contribution in [1.82, 2.24) is 9.80 Å². The smallest absolute Gasteiger partial charge is 0.312 e. The Bertz CT molecular complexity index is 1180. The maximum absolute atomic E-state index is 13.7. The van der Waals surface area contributed by atoms with Gasteiger partial charge in [-0.3, -0.25) is 14.4 Å². The van der Waals surface area contributed by atoms with Gasteiger partial charge in [-0.05, 0) is 47.9 Å². The van der Waals surface area contributed by atoms with Crippen LogP contribution in [0.4, 0.5) is 10.1 Å².